The number of hydrogen-bond donors (Lipinski definition) is 2. The molecular formula is C12H9N3O4. The Bertz CT molecular complexity index is 635. The monoisotopic (exact) mass is 259 g/mol. The molecule has 0 atom stereocenters. The Morgan fingerprint density at radius 2 is 2.26 bits per heavy atom. The molecule has 0 aliphatic rings. The van der Waals surface area contributed by atoms with E-state index in [1.807, 2.05) is 0 Å². The van der Waals surface area contributed by atoms with Crippen molar-refractivity contribution in [1.82, 2.24) is 5.32 Å². The Hall–Kier alpha value is -3.06. The number of phenols is 1. The van der Waals surface area contributed by atoms with Crippen molar-refractivity contribution in [2.75, 3.05) is 6.54 Å². The van der Waals surface area contributed by atoms with Crippen molar-refractivity contribution in [3.63, 3.8) is 0 Å². The predicted molar refractivity (Wildman–Crippen MR) is 65.0 cm³/mol. The molecule has 1 rings (SSSR count). The van der Waals surface area contributed by atoms with E-state index in [1.165, 1.54) is 13.0 Å². The molecule has 0 bridgehead atoms. The fourth-order valence-corrected chi connectivity index (χ4v) is 1.23. The van der Waals surface area contributed by atoms with Gasteiger partial charge in [-0.1, -0.05) is 11.8 Å². The van der Waals surface area contributed by atoms with Crippen molar-refractivity contribution < 1.29 is 14.8 Å². The Balaban J connectivity index is 3.13. The quantitative estimate of drug-likeness (QED) is 0.459. The van der Waals surface area contributed by atoms with E-state index in [-0.39, 0.29) is 23.6 Å². The lowest BCUT2D eigenvalue weighted by Crippen LogP contribution is -2.19. The topological polar surface area (TPSA) is 116 Å². The zero-order chi connectivity index (χ0) is 14.4. The number of aromatic hydroxyl groups is 1. The van der Waals surface area contributed by atoms with Crippen LogP contribution in [-0.4, -0.2) is 22.5 Å². The molecule has 0 fully saturated rings. The van der Waals surface area contributed by atoms with Gasteiger partial charge in [-0.15, -0.1) is 0 Å². The lowest BCUT2D eigenvalue weighted by Gasteiger charge is -1.99. The number of rotatable bonds is 2. The van der Waals surface area contributed by atoms with Gasteiger partial charge in [0.25, 0.3) is 0 Å². The normalized spacial score (nSPS) is 8.84. The highest BCUT2D eigenvalue weighted by Gasteiger charge is 2.18. The number of nitrogens with one attached hydrogen (secondary N) is 1. The van der Waals surface area contributed by atoms with Crippen LogP contribution in [-0.2, 0) is 4.79 Å². The molecule has 0 saturated carbocycles. The Kier molecular flexibility index (Phi) is 4.44. The molecule has 1 aromatic rings. The van der Waals surface area contributed by atoms with Crippen molar-refractivity contribution >= 4 is 11.6 Å². The molecule has 0 unspecified atom stereocenters. The fourth-order valence-electron chi connectivity index (χ4n) is 1.23. The molecule has 0 aliphatic heterocycles. The first-order valence-electron chi connectivity index (χ1n) is 5.10. The van der Waals surface area contributed by atoms with Gasteiger partial charge in [0, 0.05) is 13.0 Å². The molecule has 0 heterocycles. The van der Waals surface area contributed by atoms with E-state index in [0.717, 1.165) is 6.07 Å². The number of nitro benzene ring substituents is 1. The largest absolute Gasteiger partial charge is 0.501 e. The van der Waals surface area contributed by atoms with Gasteiger partial charge >= 0.3 is 5.69 Å². The number of nitrogens with zero attached hydrogens (tertiary/aromatic N) is 2. The standard InChI is InChI=1S/C12H9N3O4/c1-8(16)14-4-2-3-10-5-9(7-13)6-11(12(10)17)15(18)19/h5-6,17H,4H2,1H3,(H,14,16). The Morgan fingerprint density at radius 3 is 2.79 bits per heavy atom. The third kappa shape index (κ3) is 3.72. The molecule has 96 valence electrons. The van der Waals surface area contributed by atoms with Crippen LogP contribution < -0.4 is 5.32 Å². The zero-order valence-corrected chi connectivity index (χ0v) is 9.93. The molecule has 0 aliphatic carbocycles. The van der Waals surface area contributed by atoms with E-state index in [2.05, 4.69) is 17.2 Å². The first-order valence-corrected chi connectivity index (χ1v) is 5.10. The second-order valence-corrected chi connectivity index (χ2v) is 3.47. The van der Waals surface area contributed by atoms with E-state index in [0.29, 0.717) is 0 Å². The summed E-state index contributed by atoms with van der Waals surface area (Å²) in [5.41, 5.74) is -0.590. The summed E-state index contributed by atoms with van der Waals surface area (Å²) in [6.07, 6.45) is 0. The summed E-state index contributed by atoms with van der Waals surface area (Å²) < 4.78 is 0. The highest BCUT2D eigenvalue weighted by Crippen LogP contribution is 2.30. The second-order valence-electron chi connectivity index (χ2n) is 3.47. The third-order valence-corrected chi connectivity index (χ3v) is 2.06. The smallest absolute Gasteiger partial charge is 0.313 e. The van der Waals surface area contributed by atoms with Gasteiger partial charge in [-0.05, 0) is 6.07 Å². The van der Waals surface area contributed by atoms with Crippen LogP contribution in [0.2, 0.25) is 0 Å². The van der Waals surface area contributed by atoms with Crippen molar-refractivity contribution in [3.05, 3.63) is 33.4 Å². The van der Waals surface area contributed by atoms with E-state index in [9.17, 15) is 20.0 Å². The van der Waals surface area contributed by atoms with Gasteiger partial charge in [0.15, 0.2) is 0 Å². The predicted octanol–water partition coefficient (Wildman–Crippen LogP) is 0.660. The maximum absolute atomic E-state index is 10.7. The molecule has 0 spiro atoms. The maximum atomic E-state index is 10.7. The number of phenolic OH excluding ortho intramolecular Hbond substituents is 1. The van der Waals surface area contributed by atoms with E-state index in [1.54, 1.807) is 6.07 Å². The van der Waals surface area contributed by atoms with Gasteiger partial charge in [0.05, 0.1) is 28.7 Å². The fraction of sp³-hybridized carbons (Fsp3) is 0.167. The SMILES string of the molecule is CC(=O)NCC#Cc1cc(C#N)cc([N+](=O)[O-])c1O. The van der Waals surface area contributed by atoms with Crippen LogP contribution in [0.4, 0.5) is 5.69 Å². The van der Waals surface area contributed by atoms with Crippen LogP contribution in [0.1, 0.15) is 18.1 Å². The molecule has 0 saturated heterocycles. The number of hydrogen-bond acceptors (Lipinski definition) is 5. The molecule has 0 radical (unpaired) electrons. The van der Waals surface area contributed by atoms with Gasteiger partial charge in [-0.3, -0.25) is 14.9 Å². The van der Waals surface area contributed by atoms with Crippen molar-refractivity contribution in [2.24, 2.45) is 0 Å². The first-order chi connectivity index (χ1) is 8.95. The molecule has 7 heteroatoms. The van der Waals surface area contributed by atoms with Gasteiger partial charge in [0.1, 0.15) is 0 Å². The average Bonchev–Trinajstić information content (AvgIpc) is 2.35. The van der Waals surface area contributed by atoms with Crippen LogP contribution in [0.3, 0.4) is 0 Å². The summed E-state index contributed by atoms with van der Waals surface area (Å²) >= 11 is 0. The van der Waals surface area contributed by atoms with Gasteiger partial charge in [-0.25, -0.2) is 0 Å². The summed E-state index contributed by atoms with van der Waals surface area (Å²) in [6, 6.07) is 3.95. The molecule has 1 aromatic carbocycles. The average molecular weight is 259 g/mol. The van der Waals surface area contributed by atoms with Crippen molar-refractivity contribution in [1.29, 1.82) is 5.26 Å². The zero-order valence-electron chi connectivity index (χ0n) is 9.93. The Morgan fingerprint density at radius 1 is 1.58 bits per heavy atom. The lowest BCUT2D eigenvalue weighted by atomic mass is 10.1. The molecule has 1 amide bonds. The van der Waals surface area contributed by atoms with Crippen LogP contribution in [0, 0.1) is 33.3 Å². The van der Waals surface area contributed by atoms with Crippen molar-refractivity contribution in [2.45, 2.75) is 6.92 Å². The summed E-state index contributed by atoms with van der Waals surface area (Å²) in [6.45, 7) is 1.36. The minimum absolute atomic E-state index is 0.0216. The first kappa shape index (κ1) is 14.0. The Labute approximate surface area is 108 Å². The number of carbonyl (C=O) groups excluding carboxylic acids is 1. The number of benzene rings is 1. The molecule has 19 heavy (non-hydrogen) atoms. The summed E-state index contributed by atoms with van der Waals surface area (Å²) in [7, 11) is 0. The lowest BCUT2D eigenvalue weighted by molar-refractivity contribution is -0.385. The summed E-state index contributed by atoms with van der Waals surface area (Å²) in [4.78, 5) is 20.5. The van der Waals surface area contributed by atoms with E-state index in [4.69, 9.17) is 5.26 Å². The van der Waals surface area contributed by atoms with Crippen LogP contribution >= 0.6 is 0 Å². The van der Waals surface area contributed by atoms with Crippen LogP contribution in [0.15, 0.2) is 12.1 Å². The number of nitro groups is 1. The third-order valence-electron chi connectivity index (χ3n) is 2.06. The van der Waals surface area contributed by atoms with Gasteiger partial charge in [-0.2, -0.15) is 5.26 Å². The number of amides is 1. The van der Waals surface area contributed by atoms with E-state index >= 15 is 0 Å². The van der Waals surface area contributed by atoms with Crippen molar-refractivity contribution in [3.8, 4) is 23.7 Å². The summed E-state index contributed by atoms with van der Waals surface area (Å²) in [5, 5.41) is 31.5. The van der Waals surface area contributed by atoms with Gasteiger partial charge in [0.2, 0.25) is 11.7 Å². The second kappa shape index (κ2) is 6.03. The molecule has 7 nitrogen and oxygen atoms in total. The van der Waals surface area contributed by atoms with Gasteiger partial charge < -0.3 is 10.4 Å². The molecule has 0 aromatic heterocycles. The molecule has 2 N–H and O–H groups in total. The van der Waals surface area contributed by atoms with Crippen LogP contribution in [0.25, 0.3) is 0 Å². The van der Waals surface area contributed by atoms with Crippen LogP contribution in [0.5, 0.6) is 5.75 Å². The highest BCUT2D eigenvalue weighted by molar-refractivity contribution is 5.73. The highest BCUT2D eigenvalue weighted by atomic mass is 16.6. The molecular weight excluding hydrogens is 250 g/mol. The minimum Gasteiger partial charge on any atom is -0.501 e. The minimum atomic E-state index is -0.796. The summed E-state index contributed by atoms with van der Waals surface area (Å²) in [5.74, 6) is 4.12. The number of carbonyl (C=O) groups is 1. The number of nitriles is 1. The van der Waals surface area contributed by atoms with E-state index < -0.39 is 16.4 Å². The maximum Gasteiger partial charge on any atom is 0.313 e.